The van der Waals surface area contributed by atoms with Crippen LogP contribution in [0.5, 0.6) is 0 Å². The Morgan fingerprint density at radius 2 is 2.11 bits per heavy atom. The van der Waals surface area contributed by atoms with Crippen LogP contribution < -0.4 is 5.73 Å². The molecule has 0 saturated carbocycles. The summed E-state index contributed by atoms with van der Waals surface area (Å²) in [6, 6.07) is 3.03. The van der Waals surface area contributed by atoms with E-state index in [0.717, 1.165) is 36.4 Å². The summed E-state index contributed by atoms with van der Waals surface area (Å²) in [7, 11) is 5.87. The maximum atomic E-state index is 14.3. The number of aryl methyl sites for hydroxylation is 1. The summed E-state index contributed by atoms with van der Waals surface area (Å²) in [5.74, 6) is 1.05. The molecule has 0 amide bonds. The molecule has 0 spiro atoms. The van der Waals surface area contributed by atoms with Crippen LogP contribution in [-0.2, 0) is 6.54 Å². The first-order valence-corrected chi connectivity index (χ1v) is 9.24. The number of aromatic nitrogens is 2. The highest BCUT2D eigenvalue weighted by Crippen LogP contribution is 2.25. The highest BCUT2D eigenvalue weighted by Gasteiger charge is 2.18. The molecule has 1 heterocycles. The van der Waals surface area contributed by atoms with E-state index in [-0.39, 0.29) is 5.82 Å². The van der Waals surface area contributed by atoms with Crippen molar-refractivity contribution in [3.8, 4) is 0 Å². The molecule has 2 aromatic rings. The zero-order chi connectivity index (χ0) is 20.0. The zero-order valence-corrected chi connectivity index (χ0v) is 16.9. The van der Waals surface area contributed by atoms with E-state index >= 15 is 0 Å². The van der Waals surface area contributed by atoms with Gasteiger partial charge in [-0.2, -0.15) is 0 Å². The predicted octanol–water partition coefficient (Wildman–Crippen LogP) is 3.52. The smallest absolute Gasteiger partial charge is 0.126 e. The van der Waals surface area contributed by atoms with Crippen molar-refractivity contribution >= 4 is 16.7 Å². The summed E-state index contributed by atoms with van der Waals surface area (Å²) in [5.41, 5.74) is 8.42. The Morgan fingerprint density at radius 1 is 1.37 bits per heavy atom. The third kappa shape index (κ3) is 5.04. The molecule has 2 N–H and O–H groups in total. The van der Waals surface area contributed by atoms with Gasteiger partial charge in [-0.25, -0.2) is 9.37 Å². The summed E-state index contributed by atoms with van der Waals surface area (Å²) >= 11 is 0. The van der Waals surface area contributed by atoms with E-state index in [1.165, 1.54) is 18.3 Å². The molecular weight excluding hydrogens is 341 g/mol. The van der Waals surface area contributed by atoms with Crippen LogP contribution in [0.3, 0.4) is 0 Å². The summed E-state index contributed by atoms with van der Waals surface area (Å²) < 4.78 is 16.4. The lowest BCUT2D eigenvalue weighted by atomic mass is 10.0. The maximum Gasteiger partial charge on any atom is 0.126 e. The minimum absolute atomic E-state index is 0.314. The van der Waals surface area contributed by atoms with Gasteiger partial charge in [0, 0.05) is 31.8 Å². The monoisotopic (exact) mass is 371 g/mol. The number of nitrogens with zero attached hydrogens (tertiary/aromatic N) is 4. The van der Waals surface area contributed by atoms with E-state index < -0.39 is 0 Å². The van der Waals surface area contributed by atoms with Crippen LogP contribution in [0.2, 0.25) is 0 Å². The fourth-order valence-corrected chi connectivity index (χ4v) is 3.36. The number of fused-ring (bicyclic) bond motifs is 1. The molecule has 0 bridgehead atoms. The normalized spacial score (nSPS) is 14.3. The molecule has 1 aromatic heterocycles. The average molecular weight is 372 g/mol. The fraction of sp³-hybridized carbons (Fsp3) is 0.429. The molecule has 1 aromatic carbocycles. The molecule has 0 fully saturated rings. The van der Waals surface area contributed by atoms with Crippen molar-refractivity contribution in [3.05, 3.63) is 53.8 Å². The van der Waals surface area contributed by atoms with E-state index in [1.54, 1.807) is 19.2 Å². The number of aliphatic imine (C=N–C) groups is 1. The van der Waals surface area contributed by atoms with Gasteiger partial charge in [0.25, 0.3) is 0 Å². The number of benzene rings is 1. The van der Waals surface area contributed by atoms with Gasteiger partial charge < -0.3 is 15.2 Å². The summed E-state index contributed by atoms with van der Waals surface area (Å²) in [4.78, 5) is 11.2. The molecule has 0 radical (unpaired) electrons. The number of allylic oxidation sites excluding steroid dienone is 3. The van der Waals surface area contributed by atoms with E-state index in [9.17, 15) is 4.39 Å². The molecule has 1 unspecified atom stereocenters. The van der Waals surface area contributed by atoms with Crippen molar-refractivity contribution in [1.29, 1.82) is 0 Å². The van der Waals surface area contributed by atoms with Gasteiger partial charge in [-0.05, 0) is 51.4 Å². The van der Waals surface area contributed by atoms with Crippen LogP contribution in [0.4, 0.5) is 4.39 Å². The standard InChI is InChI=1S/C21H30FN5/c1-6-16(13-26(4)5)14-27-15(2)25-20-12-17(22)11-18(21(20)27)19(24-3)9-7-8-10-23/h7-12,16H,6,13-14,23H2,1-5H3/b9-7-,10-8+,24-19?. The van der Waals surface area contributed by atoms with Gasteiger partial charge in [0.15, 0.2) is 0 Å². The summed E-state index contributed by atoms with van der Waals surface area (Å²) in [6.07, 6.45) is 7.86. The van der Waals surface area contributed by atoms with Crippen LogP contribution >= 0.6 is 0 Å². The minimum Gasteiger partial charge on any atom is -0.405 e. The Morgan fingerprint density at radius 3 is 2.70 bits per heavy atom. The molecule has 0 saturated heterocycles. The van der Waals surface area contributed by atoms with Crippen LogP contribution in [0.15, 0.2) is 41.6 Å². The highest BCUT2D eigenvalue weighted by atomic mass is 19.1. The maximum absolute atomic E-state index is 14.3. The molecule has 1 atom stereocenters. The molecule has 0 aliphatic heterocycles. The second-order valence-corrected chi connectivity index (χ2v) is 6.98. The lowest BCUT2D eigenvalue weighted by molar-refractivity contribution is 0.293. The van der Waals surface area contributed by atoms with Gasteiger partial charge >= 0.3 is 0 Å². The lowest BCUT2D eigenvalue weighted by Gasteiger charge is -2.21. The molecule has 6 heteroatoms. The Labute approximate surface area is 161 Å². The Balaban J connectivity index is 2.60. The Bertz CT molecular complexity index is 861. The molecule has 0 aliphatic carbocycles. The molecule has 5 nitrogen and oxygen atoms in total. The molecule has 2 rings (SSSR count). The van der Waals surface area contributed by atoms with Crippen LogP contribution in [0.1, 0.15) is 24.7 Å². The minimum atomic E-state index is -0.314. The largest absolute Gasteiger partial charge is 0.405 e. The number of hydrogen-bond donors (Lipinski definition) is 1. The molecule has 146 valence electrons. The number of nitrogens with two attached hydrogens (primary N) is 1. The van der Waals surface area contributed by atoms with Gasteiger partial charge in [-0.1, -0.05) is 19.4 Å². The first kappa shape index (κ1) is 20.8. The van der Waals surface area contributed by atoms with E-state index in [1.807, 2.05) is 13.0 Å². The van der Waals surface area contributed by atoms with Gasteiger partial charge in [0.05, 0.1) is 16.7 Å². The molecule has 27 heavy (non-hydrogen) atoms. The predicted molar refractivity (Wildman–Crippen MR) is 112 cm³/mol. The lowest BCUT2D eigenvalue weighted by Crippen LogP contribution is -2.25. The number of halogens is 1. The quantitative estimate of drug-likeness (QED) is 0.570. The van der Waals surface area contributed by atoms with E-state index in [2.05, 4.69) is 40.5 Å². The number of hydrogen-bond acceptors (Lipinski definition) is 4. The van der Waals surface area contributed by atoms with Gasteiger partial charge in [-0.15, -0.1) is 0 Å². The summed E-state index contributed by atoms with van der Waals surface area (Å²) in [6.45, 7) is 5.99. The highest BCUT2D eigenvalue weighted by molar-refractivity contribution is 6.15. The fourth-order valence-electron chi connectivity index (χ4n) is 3.36. The molecule has 0 aliphatic rings. The third-order valence-corrected chi connectivity index (χ3v) is 4.63. The van der Waals surface area contributed by atoms with Crippen molar-refractivity contribution in [2.24, 2.45) is 16.6 Å². The number of rotatable bonds is 8. The van der Waals surface area contributed by atoms with Crippen molar-refractivity contribution < 1.29 is 4.39 Å². The SMILES string of the molecule is CCC(CN(C)C)Cn1c(C)nc2cc(F)cc(C(/C=C\C=C\N)=NC)c21. The first-order valence-electron chi connectivity index (χ1n) is 9.24. The van der Waals surface area contributed by atoms with E-state index in [4.69, 9.17) is 5.73 Å². The van der Waals surface area contributed by atoms with Gasteiger partial charge in [-0.3, -0.25) is 4.99 Å². The topological polar surface area (TPSA) is 59.4 Å². The van der Waals surface area contributed by atoms with Crippen molar-refractivity contribution in [1.82, 2.24) is 14.5 Å². The Kier molecular flexibility index (Phi) is 7.30. The average Bonchev–Trinajstić information content (AvgIpc) is 2.92. The van der Waals surface area contributed by atoms with Crippen molar-refractivity contribution in [3.63, 3.8) is 0 Å². The van der Waals surface area contributed by atoms with Crippen LogP contribution in [0, 0.1) is 18.7 Å². The summed E-state index contributed by atoms with van der Waals surface area (Å²) in [5, 5.41) is 0. The Hall–Kier alpha value is -2.47. The second kappa shape index (κ2) is 9.46. The van der Waals surface area contributed by atoms with Gasteiger partial charge in [0.2, 0.25) is 0 Å². The number of imidazole rings is 1. The van der Waals surface area contributed by atoms with E-state index in [0.29, 0.717) is 17.1 Å². The van der Waals surface area contributed by atoms with Crippen LogP contribution in [0.25, 0.3) is 11.0 Å². The third-order valence-electron chi connectivity index (χ3n) is 4.63. The first-order chi connectivity index (χ1) is 12.9. The second-order valence-electron chi connectivity index (χ2n) is 6.98. The van der Waals surface area contributed by atoms with Crippen LogP contribution in [-0.4, -0.2) is 47.9 Å². The molecular formula is C21H30FN5. The van der Waals surface area contributed by atoms with Crippen molar-refractivity contribution in [2.45, 2.75) is 26.8 Å². The van der Waals surface area contributed by atoms with Gasteiger partial charge in [0.1, 0.15) is 11.6 Å². The van der Waals surface area contributed by atoms with Crippen molar-refractivity contribution in [2.75, 3.05) is 27.7 Å². The zero-order valence-electron chi connectivity index (χ0n) is 16.9.